The summed E-state index contributed by atoms with van der Waals surface area (Å²) in [5.74, 6) is 0.726. The molecule has 1 N–H and O–H groups in total. The van der Waals surface area contributed by atoms with Crippen molar-refractivity contribution in [2.24, 2.45) is 0 Å². The van der Waals surface area contributed by atoms with E-state index in [0.717, 1.165) is 11.3 Å². The Labute approximate surface area is 161 Å². The fourth-order valence-electron chi connectivity index (χ4n) is 2.68. The molecule has 0 aliphatic carbocycles. The lowest BCUT2D eigenvalue weighted by molar-refractivity contribution is 0.102. The van der Waals surface area contributed by atoms with E-state index < -0.39 is 0 Å². The maximum absolute atomic E-state index is 12.7. The number of ether oxygens (including phenoxy) is 2. The van der Waals surface area contributed by atoms with Gasteiger partial charge in [0.05, 0.1) is 31.3 Å². The topological polar surface area (TPSA) is 78.3 Å². The first kappa shape index (κ1) is 18.7. The van der Waals surface area contributed by atoms with Gasteiger partial charge in [0.15, 0.2) is 5.69 Å². The average molecular weight is 387 g/mol. The summed E-state index contributed by atoms with van der Waals surface area (Å²) >= 11 is 6.19. The van der Waals surface area contributed by atoms with Gasteiger partial charge in [-0.1, -0.05) is 22.9 Å². The van der Waals surface area contributed by atoms with E-state index >= 15 is 0 Å². The number of nitrogens with zero attached hydrogens (tertiary/aromatic N) is 3. The number of hydrogen-bond acceptors (Lipinski definition) is 5. The van der Waals surface area contributed by atoms with E-state index in [1.807, 2.05) is 19.1 Å². The highest BCUT2D eigenvalue weighted by molar-refractivity contribution is 6.31. The standard InChI is InChI=1S/C19H19ClN4O3/c1-11-14(20)6-5-7-16(11)24-12(2)18(22-23-24)19(25)21-15-9-8-13(26-3)10-17(15)27-4/h5-10H,1-4H3,(H,21,25). The third-order valence-corrected chi connectivity index (χ3v) is 4.64. The summed E-state index contributed by atoms with van der Waals surface area (Å²) in [5.41, 5.74) is 2.96. The monoisotopic (exact) mass is 386 g/mol. The first-order valence-electron chi connectivity index (χ1n) is 8.17. The highest BCUT2D eigenvalue weighted by Crippen LogP contribution is 2.29. The van der Waals surface area contributed by atoms with Gasteiger partial charge >= 0.3 is 0 Å². The van der Waals surface area contributed by atoms with Crippen molar-refractivity contribution < 1.29 is 14.3 Å². The van der Waals surface area contributed by atoms with Crippen LogP contribution < -0.4 is 14.8 Å². The Kier molecular flexibility index (Phi) is 5.32. The van der Waals surface area contributed by atoms with Crippen LogP contribution in [0.3, 0.4) is 0 Å². The molecule has 3 aromatic rings. The minimum Gasteiger partial charge on any atom is -0.497 e. The van der Waals surface area contributed by atoms with Crippen LogP contribution in [0.1, 0.15) is 21.7 Å². The molecule has 1 amide bonds. The van der Waals surface area contributed by atoms with E-state index in [1.165, 1.54) is 7.11 Å². The molecular weight excluding hydrogens is 368 g/mol. The molecule has 1 heterocycles. The molecule has 2 aromatic carbocycles. The van der Waals surface area contributed by atoms with Crippen LogP contribution >= 0.6 is 11.6 Å². The molecule has 27 heavy (non-hydrogen) atoms. The molecule has 7 nitrogen and oxygen atoms in total. The number of anilines is 1. The Morgan fingerprint density at radius 2 is 1.93 bits per heavy atom. The van der Waals surface area contributed by atoms with Crippen molar-refractivity contribution in [3.63, 3.8) is 0 Å². The van der Waals surface area contributed by atoms with Crippen molar-refractivity contribution in [3.8, 4) is 17.2 Å². The number of aromatic nitrogens is 3. The number of rotatable bonds is 5. The molecule has 0 atom stereocenters. The van der Waals surface area contributed by atoms with E-state index in [4.69, 9.17) is 21.1 Å². The lowest BCUT2D eigenvalue weighted by Gasteiger charge is -2.11. The van der Waals surface area contributed by atoms with Gasteiger partial charge in [-0.05, 0) is 43.7 Å². The second-order valence-electron chi connectivity index (χ2n) is 5.84. The Balaban J connectivity index is 1.91. The first-order valence-corrected chi connectivity index (χ1v) is 8.55. The van der Waals surface area contributed by atoms with Crippen molar-refractivity contribution in [2.75, 3.05) is 19.5 Å². The van der Waals surface area contributed by atoms with Gasteiger partial charge in [-0.15, -0.1) is 5.10 Å². The van der Waals surface area contributed by atoms with Crippen LogP contribution in [-0.4, -0.2) is 35.1 Å². The summed E-state index contributed by atoms with van der Waals surface area (Å²) in [7, 11) is 3.08. The molecule has 140 valence electrons. The summed E-state index contributed by atoms with van der Waals surface area (Å²) in [4.78, 5) is 12.7. The van der Waals surface area contributed by atoms with E-state index in [-0.39, 0.29) is 11.6 Å². The van der Waals surface area contributed by atoms with Crippen molar-refractivity contribution >= 4 is 23.2 Å². The Bertz CT molecular complexity index is 1000. The average Bonchev–Trinajstić information content (AvgIpc) is 3.05. The van der Waals surface area contributed by atoms with Gasteiger partial charge in [0.1, 0.15) is 11.5 Å². The fourth-order valence-corrected chi connectivity index (χ4v) is 2.85. The summed E-state index contributed by atoms with van der Waals surface area (Å²) in [6.45, 7) is 3.67. The Morgan fingerprint density at radius 3 is 2.63 bits per heavy atom. The molecule has 0 saturated carbocycles. The van der Waals surface area contributed by atoms with Crippen LogP contribution in [-0.2, 0) is 0 Å². The third-order valence-electron chi connectivity index (χ3n) is 4.23. The molecule has 0 aliphatic heterocycles. The van der Waals surface area contributed by atoms with Crippen LogP contribution in [0.15, 0.2) is 36.4 Å². The second kappa shape index (κ2) is 7.67. The number of amides is 1. The van der Waals surface area contributed by atoms with Gasteiger partial charge < -0.3 is 14.8 Å². The minimum absolute atomic E-state index is 0.215. The van der Waals surface area contributed by atoms with Crippen LogP contribution in [0.5, 0.6) is 11.5 Å². The van der Waals surface area contributed by atoms with Gasteiger partial charge in [0, 0.05) is 11.1 Å². The lowest BCUT2D eigenvalue weighted by Crippen LogP contribution is -2.15. The highest BCUT2D eigenvalue weighted by Gasteiger charge is 2.20. The second-order valence-corrected chi connectivity index (χ2v) is 6.25. The maximum atomic E-state index is 12.7. The molecule has 0 saturated heterocycles. The predicted molar refractivity (Wildman–Crippen MR) is 103 cm³/mol. The van der Waals surface area contributed by atoms with Gasteiger partial charge in [0.25, 0.3) is 5.91 Å². The summed E-state index contributed by atoms with van der Waals surface area (Å²) in [6, 6.07) is 10.6. The Morgan fingerprint density at radius 1 is 1.15 bits per heavy atom. The maximum Gasteiger partial charge on any atom is 0.278 e. The lowest BCUT2D eigenvalue weighted by atomic mass is 10.2. The van der Waals surface area contributed by atoms with E-state index in [0.29, 0.717) is 27.9 Å². The quantitative estimate of drug-likeness (QED) is 0.721. The zero-order chi connectivity index (χ0) is 19.6. The van der Waals surface area contributed by atoms with Crippen molar-refractivity contribution in [3.05, 3.63) is 58.4 Å². The fraction of sp³-hybridized carbons (Fsp3) is 0.211. The van der Waals surface area contributed by atoms with E-state index in [9.17, 15) is 4.79 Å². The van der Waals surface area contributed by atoms with Gasteiger partial charge in [0.2, 0.25) is 0 Å². The zero-order valence-corrected chi connectivity index (χ0v) is 16.2. The van der Waals surface area contributed by atoms with Gasteiger partial charge in [-0.25, -0.2) is 4.68 Å². The number of halogens is 1. The first-order chi connectivity index (χ1) is 13.0. The molecule has 0 aliphatic rings. The van der Waals surface area contributed by atoms with Crippen LogP contribution in [0, 0.1) is 13.8 Å². The van der Waals surface area contributed by atoms with Gasteiger partial charge in [-0.2, -0.15) is 0 Å². The normalized spacial score (nSPS) is 10.6. The molecule has 0 radical (unpaired) electrons. The Hall–Kier alpha value is -3.06. The zero-order valence-electron chi connectivity index (χ0n) is 15.4. The molecule has 3 rings (SSSR count). The number of hydrogen-bond donors (Lipinski definition) is 1. The van der Waals surface area contributed by atoms with Crippen LogP contribution in [0.25, 0.3) is 5.69 Å². The van der Waals surface area contributed by atoms with Crippen LogP contribution in [0.4, 0.5) is 5.69 Å². The summed E-state index contributed by atoms with van der Waals surface area (Å²) in [5, 5.41) is 11.6. The summed E-state index contributed by atoms with van der Waals surface area (Å²) < 4.78 is 12.1. The van der Waals surface area contributed by atoms with Gasteiger partial charge in [-0.3, -0.25) is 4.79 Å². The van der Waals surface area contributed by atoms with E-state index in [2.05, 4.69) is 15.6 Å². The molecular formula is C19H19ClN4O3. The van der Waals surface area contributed by atoms with Crippen LogP contribution in [0.2, 0.25) is 5.02 Å². The largest absolute Gasteiger partial charge is 0.497 e. The number of methoxy groups -OCH3 is 2. The molecule has 8 heteroatoms. The number of benzene rings is 2. The minimum atomic E-state index is -0.387. The number of carbonyl (C=O) groups excluding carboxylic acids is 1. The molecule has 1 aromatic heterocycles. The smallest absolute Gasteiger partial charge is 0.278 e. The summed E-state index contributed by atoms with van der Waals surface area (Å²) in [6.07, 6.45) is 0. The van der Waals surface area contributed by atoms with E-state index in [1.54, 1.807) is 43.0 Å². The number of carbonyl (C=O) groups is 1. The molecule has 0 bridgehead atoms. The van der Waals surface area contributed by atoms with Crippen molar-refractivity contribution in [1.29, 1.82) is 0 Å². The third kappa shape index (κ3) is 3.59. The molecule has 0 unspecified atom stereocenters. The molecule has 0 spiro atoms. The highest BCUT2D eigenvalue weighted by atomic mass is 35.5. The van der Waals surface area contributed by atoms with Crippen molar-refractivity contribution in [1.82, 2.24) is 15.0 Å². The SMILES string of the molecule is COc1ccc(NC(=O)c2nnn(-c3cccc(Cl)c3C)c2C)c(OC)c1. The predicted octanol–water partition coefficient (Wildman–Crippen LogP) is 3.81. The van der Waals surface area contributed by atoms with Crippen molar-refractivity contribution in [2.45, 2.75) is 13.8 Å². The molecule has 0 fully saturated rings. The number of nitrogens with one attached hydrogen (secondary N) is 1.